The van der Waals surface area contributed by atoms with E-state index >= 15 is 0 Å². The first-order valence-electron chi connectivity index (χ1n) is 8.77. The van der Waals surface area contributed by atoms with Crippen molar-refractivity contribution in [1.82, 2.24) is 4.90 Å². The quantitative estimate of drug-likeness (QED) is 0.604. The number of carbonyl (C=O) groups is 3. The topological polar surface area (TPSA) is 79.0 Å². The lowest BCUT2D eigenvalue weighted by molar-refractivity contribution is -0.151. The number of amides is 2. The minimum atomic E-state index is -0.989. The second-order valence-electron chi connectivity index (χ2n) is 6.37. The van der Waals surface area contributed by atoms with Gasteiger partial charge in [0.15, 0.2) is 6.10 Å². The summed E-state index contributed by atoms with van der Waals surface area (Å²) < 4.78 is 5.95. The number of esters is 1. The maximum atomic E-state index is 12.7. The van der Waals surface area contributed by atoms with Gasteiger partial charge in [0.1, 0.15) is 10.9 Å². The average Bonchev–Trinajstić information content (AvgIpc) is 3.19. The second-order valence-corrected chi connectivity index (χ2v) is 7.98. The molecule has 0 saturated carbocycles. The molecule has 1 saturated heterocycles. The Balaban J connectivity index is 1.55. The van der Waals surface area contributed by atoms with Crippen molar-refractivity contribution in [2.24, 2.45) is 0 Å². The van der Waals surface area contributed by atoms with E-state index < -0.39 is 18.0 Å². The van der Waals surface area contributed by atoms with E-state index in [9.17, 15) is 14.4 Å². The number of thioether (sulfide) groups is 1. The average molecular weight is 408 g/mol. The zero-order chi connectivity index (χ0) is 19.4. The SMILES string of the molecule is C[C@@H](OC(=O)CSC(=S)N1CCCC1)C(=O)N1CC(=O)Nc2ccccc21. The molecule has 1 fully saturated rings. The largest absolute Gasteiger partial charge is 0.452 e. The molecular formula is C18H21N3O4S2. The molecule has 2 aliphatic rings. The predicted molar refractivity (Wildman–Crippen MR) is 109 cm³/mol. The molecule has 27 heavy (non-hydrogen) atoms. The van der Waals surface area contributed by atoms with Crippen LogP contribution in [-0.2, 0) is 19.1 Å². The molecule has 0 radical (unpaired) electrons. The van der Waals surface area contributed by atoms with Crippen LogP contribution in [0.15, 0.2) is 24.3 Å². The van der Waals surface area contributed by atoms with Gasteiger partial charge in [-0.15, -0.1) is 0 Å². The second kappa shape index (κ2) is 8.71. The molecule has 9 heteroatoms. The van der Waals surface area contributed by atoms with Crippen LogP contribution in [-0.4, -0.2) is 58.5 Å². The van der Waals surface area contributed by atoms with Gasteiger partial charge in [-0.3, -0.25) is 19.3 Å². The van der Waals surface area contributed by atoms with Crippen LogP contribution in [0.2, 0.25) is 0 Å². The lowest BCUT2D eigenvalue weighted by Crippen LogP contribution is -2.47. The molecule has 7 nitrogen and oxygen atoms in total. The van der Waals surface area contributed by atoms with E-state index in [2.05, 4.69) is 10.2 Å². The zero-order valence-corrected chi connectivity index (χ0v) is 16.6. The molecule has 0 aromatic heterocycles. The number of carbonyl (C=O) groups excluding carboxylic acids is 3. The first-order chi connectivity index (χ1) is 13.0. The van der Waals surface area contributed by atoms with Crippen molar-refractivity contribution in [3.8, 4) is 0 Å². The highest BCUT2D eigenvalue weighted by Gasteiger charge is 2.31. The smallest absolute Gasteiger partial charge is 0.317 e. The number of rotatable bonds is 4. The third-order valence-electron chi connectivity index (χ3n) is 4.37. The first kappa shape index (κ1) is 19.6. The van der Waals surface area contributed by atoms with E-state index in [0.29, 0.717) is 15.7 Å². The van der Waals surface area contributed by atoms with Crippen LogP contribution < -0.4 is 10.2 Å². The van der Waals surface area contributed by atoms with Crippen LogP contribution in [0.5, 0.6) is 0 Å². The first-order valence-corrected chi connectivity index (χ1v) is 10.2. The number of benzene rings is 1. The van der Waals surface area contributed by atoms with Crippen molar-refractivity contribution in [1.29, 1.82) is 0 Å². The number of hydrogen-bond acceptors (Lipinski definition) is 6. The summed E-state index contributed by atoms with van der Waals surface area (Å²) in [5, 5.41) is 2.72. The van der Waals surface area contributed by atoms with E-state index in [1.165, 1.54) is 23.6 Å². The Morgan fingerprint density at radius 2 is 2.00 bits per heavy atom. The van der Waals surface area contributed by atoms with Gasteiger partial charge in [0.25, 0.3) is 5.91 Å². The Hall–Kier alpha value is -2.13. The summed E-state index contributed by atoms with van der Waals surface area (Å²) in [7, 11) is 0. The predicted octanol–water partition coefficient (Wildman–Crippen LogP) is 2.02. The number of ether oxygens (including phenoxy) is 1. The third-order valence-corrected chi connectivity index (χ3v) is 5.87. The third kappa shape index (κ3) is 4.78. The van der Waals surface area contributed by atoms with Gasteiger partial charge in [-0.2, -0.15) is 0 Å². The molecule has 2 aliphatic heterocycles. The molecule has 1 N–H and O–H groups in total. The fourth-order valence-corrected chi connectivity index (χ4v) is 4.08. The van der Waals surface area contributed by atoms with Gasteiger partial charge in [0, 0.05) is 13.1 Å². The van der Waals surface area contributed by atoms with E-state index in [-0.39, 0.29) is 18.2 Å². The molecule has 3 rings (SSSR count). The zero-order valence-electron chi connectivity index (χ0n) is 15.0. The van der Waals surface area contributed by atoms with Gasteiger partial charge in [-0.05, 0) is 31.9 Å². The van der Waals surface area contributed by atoms with Crippen molar-refractivity contribution >= 4 is 57.5 Å². The summed E-state index contributed by atoms with van der Waals surface area (Å²) >= 11 is 6.57. The summed E-state index contributed by atoms with van der Waals surface area (Å²) in [6.45, 7) is 3.25. The number of fused-ring (bicyclic) bond motifs is 1. The summed E-state index contributed by atoms with van der Waals surface area (Å²) in [5.41, 5.74) is 1.15. The number of likely N-dealkylation sites (tertiary alicyclic amines) is 1. The molecule has 0 unspecified atom stereocenters. The van der Waals surface area contributed by atoms with Gasteiger partial charge >= 0.3 is 5.97 Å². The van der Waals surface area contributed by atoms with E-state index in [4.69, 9.17) is 17.0 Å². The van der Waals surface area contributed by atoms with Crippen LogP contribution in [0.3, 0.4) is 0 Å². The summed E-state index contributed by atoms with van der Waals surface area (Å²) in [6.07, 6.45) is 1.24. The molecule has 144 valence electrons. The van der Waals surface area contributed by atoms with Crippen molar-refractivity contribution < 1.29 is 19.1 Å². The number of thiocarbonyl (C=S) groups is 1. The molecule has 1 atom stereocenters. The maximum absolute atomic E-state index is 12.7. The number of para-hydroxylation sites is 2. The summed E-state index contributed by atoms with van der Waals surface area (Å²) in [4.78, 5) is 40.1. The van der Waals surface area contributed by atoms with Gasteiger partial charge in [-0.25, -0.2) is 0 Å². The van der Waals surface area contributed by atoms with Gasteiger partial charge in [-0.1, -0.05) is 36.1 Å². The Kier molecular flexibility index (Phi) is 6.33. The van der Waals surface area contributed by atoms with Crippen molar-refractivity contribution in [3.05, 3.63) is 24.3 Å². The highest BCUT2D eigenvalue weighted by molar-refractivity contribution is 8.23. The number of nitrogens with zero attached hydrogens (tertiary/aromatic N) is 2. The normalized spacial score (nSPS) is 17.1. The van der Waals surface area contributed by atoms with E-state index in [1.54, 1.807) is 24.3 Å². The molecular weight excluding hydrogens is 386 g/mol. The van der Waals surface area contributed by atoms with Gasteiger partial charge in [0.05, 0.1) is 17.1 Å². The Bertz CT molecular complexity index is 765. The molecule has 2 amide bonds. The van der Waals surface area contributed by atoms with Crippen molar-refractivity contribution in [2.45, 2.75) is 25.9 Å². The van der Waals surface area contributed by atoms with Crippen molar-refractivity contribution in [2.75, 3.05) is 35.6 Å². The van der Waals surface area contributed by atoms with E-state index in [0.717, 1.165) is 25.9 Å². The van der Waals surface area contributed by atoms with Crippen LogP contribution in [0.4, 0.5) is 11.4 Å². The summed E-state index contributed by atoms with van der Waals surface area (Å²) in [5.74, 6) is -1.16. The number of nitrogens with one attached hydrogen (secondary N) is 1. The highest BCUT2D eigenvalue weighted by atomic mass is 32.2. The van der Waals surface area contributed by atoms with Gasteiger partial charge < -0.3 is 15.0 Å². The Morgan fingerprint density at radius 3 is 2.74 bits per heavy atom. The maximum Gasteiger partial charge on any atom is 0.317 e. The minimum Gasteiger partial charge on any atom is -0.452 e. The van der Waals surface area contributed by atoms with Gasteiger partial charge in [0.2, 0.25) is 5.91 Å². The molecule has 1 aromatic carbocycles. The molecule has 1 aromatic rings. The molecule has 2 heterocycles. The molecule has 0 bridgehead atoms. The monoisotopic (exact) mass is 407 g/mol. The lowest BCUT2D eigenvalue weighted by Gasteiger charge is -2.30. The number of hydrogen-bond donors (Lipinski definition) is 1. The van der Waals surface area contributed by atoms with Crippen molar-refractivity contribution in [3.63, 3.8) is 0 Å². The minimum absolute atomic E-state index is 0.0596. The standard InChI is InChI=1S/C18H21N3O4S2/c1-12(25-16(23)11-27-18(26)20-8-4-5-9-20)17(24)21-10-15(22)19-13-6-2-3-7-14(13)21/h2-3,6-7,12H,4-5,8-11H2,1H3,(H,19,22)/t12-/m1/s1. The highest BCUT2D eigenvalue weighted by Crippen LogP contribution is 2.29. The Labute approximate surface area is 167 Å². The van der Waals surface area contributed by atoms with Crippen LogP contribution in [0.1, 0.15) is 19.8 Å². The number of anilines is 2. The molecule has 0 spiro atoms. The lowest BCUT2D eigenvalue weighted by atomic mass is 10.1. The van der Waals surface area contributed by atoms with Crippen LogP contribution in [0.25, 0.3) is 0 Å². The van der Waals surface area contributed by atoms with Crippen LogP contribution >= 0.6 is 24.0 Å². The summed E-state index contributed by atoms with van der Waals surface area (Å²) in [6, 6.07) is 7.02. The molecule has 0 aliphatic carbocycles. The van der Waals surface area contributed by atoms with Crippen LogP contribution in [0, 0.1) is 0 Å². The fourth-order valence-electron chi connectivity index (χ4n) is 3.04. The fraction of sp³-hybridized carbons (Fsp3) is 0.444. The van der Waals surface area contributed by atoms with E-state index in [1.807, 2.05) is 0 Å². The Morgan fingerprint density at radius 1 is 1.30 bits per heavy atom.